The Kier molecular flexibility index (Phi) is 7.85. The molecule has 0 spiro atoms. The molecule has 1 heterocycles. The van der Waals surface area contributed by atoms with Crippen LogP contribution in [0.4, 0.5) is 5.69 Å². The maximum atomic E-state index is 12.9. The van der Waals surface area contributed by atoms with E-state index >= 15 is 0 Å². The highest BCUT2D eigenvalue weighted by molar-refractivity contribution is 7.86. The summed E-state index contributed by atoms with van der Waals surface area (Å²) in [5.74, 6) is -2.61. The summed E-state index contributed by atoms with van der Waals surface area (Å²) in [5, 5.41) is 11.1. The summed E-state index contributed by atoms with van der Waals surface area (Å²) in [6, 6.07) is 12.1. The lowest BCUT2D eigenvalue weighted by Gasteiger charge is -2.45. The quantitative estimate of drug-likeness (QED) is 0.125. The number of nitrogens with one attached hydrogen (secondary N) is 1. The lowest BCUT2D eigenvalue weighted by atomic mass is 10.0. The van der Waals surface area contributed by atoms with Crippen molar-refractivity contribution in [2.45, 2.75) is 38.3 Å². The van der Waals surface area contributed by atoms with Crippen molar-refractivity contribution in [2.75, 3.05) is 0 Å². The minimum absolute atomic E-state index is 0.129. The van der Waals surface area contributed by atoms with Gasteiger partial charge < -0.3 is 10.1 Å². The largest absolute Gasteiger partial charge is 0.456 e. The molecule has 0 aromatic heterocycles. The molecule has 0 aliphatic carbocycles. The Labute approximate surface area is 206 Å². The Morgan fingerprint density at radius 2 is 1.69 bits per heavy atom. The Bertz CT molecular complexity index is 1320. The van der Waals surface area contributed by atoms with Crippen molar-refractivity contribution < 1.29 is 37.0 Å². The first-order valence-electron chi connectivity index (χ1n) is 10.6. The van der Waals surface area contributed by atoms with Gasteiger partial charge in [0.05, 0.1) is 11.3 Å². The van der Waals surface area contributed by atoms with Crippen LogP contribution in [0, 0.1) is 10.1 Å². The van der Waals surface area contributed by atoms with Gasteiger partial charge >= 0.3 is 5.97 Å². The van der Waals surface area contributed by atoms with E-state index in [9.17, 15) is 37.5 Å². The Morgan fingerprint density at radius 1 is 1.08 bits per heavy atom. The van der Waals surface area contributed by atoms with Crippen LogP contribution in [0.2, 0.25) is 0 Å². The van der Waals surface area contributed by atoms with Gasteiger partial charge in [0.15, 0.2) is 5.37 Å². The van der Waals surface area contributed by atoms with Crippen LogP contribution in [0.15, 0.2) is 65.9 Å². The van der Waals surface area contributed by atoms with Crippen LogP contribution in [0.5, 0.6) is 0 Å². The Balaban J connectivity index is 1.75. The third-order valence-electron chi connectivity index (χ3n) is 5.30. The van der Waals surface area contributed by atoms with Crippen molar-refractivity contribution in [2.24, 2.45) is 0 Å². The van der Waals surface area contributed by atoms with Crippen molar-refractivity contribution in [1.82, 2.24) is 10.2 Å². The number of benzene rings is 2. The number of nitro benzene ring substituents is 1. The van der Waals surface area contributed by atoms with Gasteiger partial charge in [-0.15, -0.1) is 0 Å². The number of likely N-dealkylation sites (tertiary alicyclic amines) is 1. The highest BCUT2D eigenvalue weighted by Gasteiger charge is 2.58. The summed E-state index contributed by atoms with van der Waals surface area (Å²) in [4.78, 5) is 48.8. The van der Waals surface area contributed by atoms with Crippen LogP contribution in [-0.2, 0) is 42.3 Å². The van der Waals surface area contributed by atoms with Gasteiger partial charge in [-0.05, 0) is 42.7 Å². The Morgan fingerprint density at radius 3 is 2.22 bits per heavy atom. The molecule has 2 aromatic carbocycles. The van der Waals surface area contributed by atoms with Gasteiger partial charge in [0, 0.05) is 12.1 Å². The number of hydrogen-bond donors (Lipinski definition) is 2. The molecule has 12 nitrogen and oxygen atoms in total. The van der Waals surface area contributed by atoms with Crippen LogP contribution in [0.3, 0.4) is 0 Å². The van der Waals surface area contributed by atoms with Gasteiger partial charge in [0.25, 0.3) is 21.7 Å². The van der Waals surface area contributed by atoms with E-state index in [0.29, 0.717) is 16.0 Å². The molecule has 2 N–H and O–H groups in total. The predicted octanol–water partition coefficient (Wildman–Crippen LogP) is 1.72. The number of rotatable bonds is 9. The molecule has 190 valence electrons. The number of nitro groups is 1. The fraction of sp³-hybridized carbons (Fsp3) is 0.261. The van der Waals surface area contributed by atoms with E-state index in [4.69, 9.17) is 4.74 Å². The number of amides is 2. The van der Waals surface area contributed by atoms with E-state index in [1.807, 2.05) is 0 Å². The summed E-state index contributed by atoms with van der Waals surface area (Å²) >= 11 is 0. The van der Waals surface area contributed by atoms with Gasteiger partial charge in [0.1, 0.15) is 18.3 Å². The lowest BCUT2D eigenvalue weighted by Crippen LogP contribution is -2.73. The third kappa shape index (κ3) is 5.93. The molecule has 3 rings (SSSR count). The molecule has 13 heteroatoms. The molecular formula is C23H23N3O9S. The maximum absolute atomic E-state index is 12.9. The molecule has 0 bridgehead atoms. The van der Waals surface area contributed by atoms with Crippen molar-refractivity contribution in [3.8, 4) is 0 Å². The van der Waals surface area contributed by atoms with Gasteiger partial charge in [0.2, 0.25) is 5.91 Å². The highest BCUT2D eigenvalue weighted by Crippen LogP contribution is 2.31. The van der Waals surface area contributed by atoms with Crippen molar-refractivity contribution >= 4 is 33.6 Å². The minimum atomic E-state index is -4.92. The maximum Gasteiger partial charge on any atom is 0.355 e. The first kappa shape index (κ1) is 26.5. The van der Waals surface area contributed by atoms with Gasteiger partial charge in [-0.25, -0.2) is 4.79 Å². The summed E-state index contributed by atoms with van der Waals surface area (Å²) in [5.41, 5.74) is 0.701. The number of allylic oxidation sites excluding steroid dienone is 1. The zero-order valence-corrected chi connectivity index (χ0v) is 20.1. The highest BCUT2D eigenvalue weighted by atomic mass is 32.2. The molecule has 0 saturated carbocycles. The molecule has 0 unspecified atom stereocenters. The smallest absolute Gasteiger partial charge is 0.355 e. The first-order chi connectivity index (χ1) is 16.9. The van der Waals surface area contributed by atoms with Crippen LogP contribution >= 0.6 is 0 Å². The number of carbonyl (C=O) groups is 3. The number of esters is 1. The molecule has 1 saturated heterocycles. The van der Waals surface area contributed by atoms with E-state index in [-0.39, 0.29) is 24.3 Å². The van der Waals surface area contributed by atoms with Crippen molar-refractivity contribution in [3.63, 3.8) is 0 Å². The zero-order chi connectivity index (χ0) is 26.6. The van der Waals surface area contributed by atoms with E-state index in [2.05, 4.69) is 5.32 Å². The number of carbonyl (C=O) groups excluding carboxylic acids is 3. The first-order valence-corrected chi connectivity index (χ1v) is 12.1. The average Bonchev–Trinajstić information content (AvgIpc) is 2.81. The van der Waals surface area contributed by atoms with E-state index in [1.54, 1.807) is 30.3 Å². The second kappa shape index (κ2) is 10.7. The fourth-order valence-electron chi connectivity index (χ4n) is 3.62. The predicted molar refractivity (Wildman–Crippen MR) is 126 cm³/mol. The standard InChI is InChI=1S/C23H23N3O9S/c1-14(2)20(23(29)35-13-16-8-10-17(11-9-16)26(30)31)25-21(28)19(22(25)36(32,33)34)24-18(27)12-15-6-4-3-5-7-15/h3-11,19,22H,12-13H2,1-2H3,(H,24,27)(H,32,33,34)/t19-,22-/m1/s1. The average molecular weight is 518 g/mol. The van der Waals surface area contributed by atoms with Gasteiger partial charge in [-0.1, -0.05) is 30.3 Å². The molecule has 1 aliphatic rings. The van der Waals surface area contributed by atoms with Crippen LogP contribution < -0.4 is 5.32 Å². The molecule has 1 fully saturated rings. The van der Waals surface area contributed by atoms with Crippen LogP contribution in [0.25, 0.3) is 0 Å². The van der Waals surface area contributed by atoms with E-state index < -0.39 is 49.9 Å². The number of hydrogen-bond acceptors (Lipinski definition) is 8. The molecule has 36 heavy (non-hydrogen) atoms. The molecule has 1 aliphatic heterocycles. The molecular weight excluding hydrogens is 494 g/mol. The number of ether oxygens (including phenoxy) is 1. The lowest BCUT2D eigenvalue weighted by molar-refractivity contribution is -0.384. The second-order valence-electron chi connectivity index (χ2n) is 8.17. The third-order valence-corrected chi connectivity index (χ3v) is 6.39. The van der Waals surface area contributed by atoms with Crippen LogP contribution in [-0.4, -0.2) is 52.0 Å². The molecule has 2 amide bonds. The summed E-state index contributed by atoms with van der Waals surface area (Å²) in [7, 11) is -4.92. The Hall–Kier alpha value is -4.10. The SMILES string of the molecule is CC(C)=C(C(=O)OCc1ccc([N+](=O)[O-])cc1)N1C(=O)[C@@H](NC(=O)Cc2ccccc2)[C@H]1S(=O)(=O)O. The van der Waals surface area contributed by atoms with Gasteiger partial charge in [-0.3, -0.25) is 29.2 Å². The number of nitrogens with zero attached hydrogens (tertiary/aromatic N) is 2. The van der Waals surface area contributed by atoms with Gasteiger partial charge in [-0.2, -0.15) is 8.42 Å². The van der Waals surface area contributed by atoms with E-state index in [1.165, 1.54) is 38.1 Å². The number of non-ortho nitro benzene ring substituents is 1. The normalized spacial score (nSPS) is 17.1. The summed E-state index contributed by atoms with van der Waals surface area (Å²) in [6.07, 6.45) is -0.129. The molecule has 2 aromatic rings. The zero-order valence-electron chi connectivity index (χ0n) is 19.3. The number of β-lactam (4-membered cyclic amide) rings is 1. The summed E-state index contributed by atoms with van der Waals surface area (Å²) in [6.45, 7) is 2.57. The molecule has 2 atom stereocenters. The van der Waals surface area contributed by atoms with E-state index in [0.717, 1.165) is 0 Å². The van der Waals surface area contributed by atoms with Crippen LogP contribution in [0.1, 0.15) is 25.0 Å². The monoisotopic (exact) mass is 517 g/mol. The second-order valence-corrected chi connectivity index (χ2v) is 9.68. The fourth-order valence-corrected chi connectivity index (χ4v) is 4.62. The van der Waals surface area contributed by atoms with Crippen molar-refractivity contribution in [1.29, 1.82) is 0 Å². The summed E-state index contributed by atoms with van der Waals surface area (Å²) < 4.78 is 39.2. The van der Waals surface area contributed by atoms with Crippen molar-refractivity contribution in [3.05, 3.63) is 87.1 Å². The molecule has 0 radical (unpaired) electrons. The minimum Gasteiger partial charge on any atom is -0.456 e. The topological polar surface area (TPSA) is 173 Å².